The Bertz CT molecular complexity index is 419. The molecule has 1 aromatic carbocycles. The van der Waals surface area contributed by atoms with Crippen LogP contribution in [0.15, 0.2) is 18.2 Å². The highest BCUT2D eigenvalue weighted by Gasteiger charge is 2.27. The van der Waals surface area contributed by atoms with Gasteiger partial charge in [0.1, 0.15) is 24.7 Å². The first-order chi connectivity index (χ1) is 9.33. The second-order valence-corrected chi connectivity index (χ2v) is 4.10. The lowest BCUT2D eigenvalue weighted by Crippen LogP contribution is -2.19. The molecule has 1 N–H and O–H groups in total. The van der Waals surface area contributed by atoms with E-state index in [0.29, 0.717) is 17.1 Å². The van der Waals surface area contributed by atoms with Crippen molar-refractivity contribution >= 4 is 0 Å². The van der Waals surface area contributed by atoms with Gasteiger partial charge in [-0.1, -0.05) is 0 Å². The fraction of sp³-hybridized carbons (Fsp3) is 0.538. The molecular formula is C13H17F3O4. The lowest BCUT2D eigenvalue weighted by atomic mass is 10.1. The van der Waals surface area contributed by atoms with Crippen LogP contribution in [0.3, 0.4) is 0 Å². The van der Waals surface area contributed by atoms with Crippen molar-refractivity contribution in [2.24, 2.45) is 0 Å². The number of alkyl halides is 3. The molecule has 0 amide bonds. The fourth-order valence-corrected chi connectivity index (χ4v) is 1.51. The van der Waals surface area contributed by atoms with Crippen molar-refractivity contribution in [3.63, 3.8) is 0 Å². The van der Waals surface area contributed by atoms with Crippen molar-refractivity contribution < 1.29 is 32.5 Å². The van der Waals surface area contributed by atoms with E-state index in [2.05, 4.69) is 4.74 Å². The molecule has 0 aliphatic heterocycles. The summed E-state index contributed by atoms with van der Waals surface area (Å²) in [6.45, 7) is 0.00545. The summed E-state index contributed by atoms with van der Waals surface area (Å²) in [6, 6.07) is 4.86. The quantitative estimate of drug-likeness (QED) is 0.786. The smallest absolute Gasteiger partial charge is 0.411 e. The van der Waals surface area contributed by atoms with E-state index < -0.39 is 18.9 Å². The maximum absolute atomic E-state index is 11.9. The van der Waals surface area contributed by atoms with Crippen molar-refractivity contribution in [2.45, 2.75) is 19.2 Å². The van der Waals surface area contributed by atoms with Crippen molar-refractivity contribution in [3.05, 3.63) is 23.8 Å². The van der Waals surface area contributed by atoms with Crippen molar-refractivity contribution in [3.8, 4) is 11.5 Å². The Morgan fingerprint density at radius 2 is 1.95 bits per heavy atom. The molecule has 114 valence electrons. The van der Waals surface area contributed by atoms with Crippen LogP contribution in [0.25, 0.3) is 0 Å². The largest absolute Gasteiger partial charge is 0.497 e. The molecule has 0 heterocycles. The van der Waals surface area contributed by atoms with Gasteiger partial charge >= 0.3 is 6.18 Å². The summed E-state index contributed by atoms with van der Waals surface area (Å²) in [5.41, 5.74) is 0.529. The van der Waals surface area contributed by atoms with E-state index >= 15 is 0 Å². The molecular weight excluding hydrogens is 277 g/mol. The van der Waals surface area contributed by atoms with Gasteiger partial charge in [-0.25, -0.2) is 0 Å². The normalized spacial score (nSPS) is 13.1. The molecule has 4 nitrogen and oxygen atoms in total. The Morgan fingerprint density at radius 3 is 2.50 bits per heavy atom. The zero-order valence-corrected chi connectivity index (χ0v) is 11.2. The zero-order chi connectivity index (χ0) is 15.2. The maximum atomic E-state index is 11.9. The number of methoxy groups -OCH3 is 1. The molecule has 1 aromatic rings. The monoisotopic (exact) mass is 294 g/mol. The van der Waals surface area contributed by atoms with Crippen molar-refractivity contribution in [2.75, 3.05) is 26.9 Å². The van der Waals surface area contributed by atoms with E-state index in [9.17, 15) is 18.3 Å². The highest BCUT2D eigenvalue weighted by atomic mass is 19.4. The summed E-state index contributed by atoms with van der Waals surface area (Å²) in [5, 5.41) is 9.58. The summed E-state index contributed by atoms with van der Waals surface area (Å²) < 4.78 is 50.4. The predicted octanol–water partition coefficient (Wildman–Crippen LogP) is 2.71. The lowest BCUT2D eigenvalue weighted by molar-refractivity contribution is -0.175. The lowest BCUT2D eigenvalue weighted by Gasteiger charge is -2.15. The molecule has 0 aliphatic carbocycles. The Morgan fingerprint density at radius 1 is 1.25 bits per heavy atom. The van der Waals surface area contributed by atoms with E-state index in [-0.39, 0.29) is 13.2 Å². The topological polar surface area (TPSA) is 47.9 Å². The van der Waals surface area contributed by atoms with Gasteiger partial charge < -0.3 is 19.3 Å². The van der Waals surface area contributed by atoms with Crippen LogP contribution in [0.1, 0.15) is 18.6 Å². The second kappa shape index (κ2) is 7.35. The first-order valence-corrected chi connectivity index (χ1v) is 5.97. The molecule has 0 spiro atoms. The van der Waals surface area contributed by atoms with Crippen molar-refractivity contribution in [1.82, 2.24) is 0 Å². The summed E-state index contributed by atoms with van der Waals surface area (Å²) in [4.78, 5) is 0. The number of benzene rings is 1. The summed E-state index contributed by atoms with van der Waals surface area (Å²) in [7, 11) is 1.48. The third-order valence-electron chi connectivity index (χ3n) is 2.42. The van der Waals surface area contributed by atoms with Gasteiger partial charge in [-0.3, -0.25) is 0 Å². The molecule has 0 fully saturated rings. The molecule has 0 radical (unpaired) electrons. The first-order valence-electron chi connectivity index (χ1n) is 5.97. The molecule has 0 aliphatic rings. The Hall–Kier alpha value is -1.47. The van der Waals surface area contributed by atoms with Crippen molar-refractivity contribution in [1.29, 1.82) is 0 Å². The summed E-state index contributed by atoms with van der Waals surface area (Å²) in [6.07, 6.45) is -5.10. The van der Waals surface area contributed by atoms with Crippen LogP contribution in [0, 0.1) is 0 Å². The minimum Gasteiger partial charge on any atom is -0.497 e. The van der Waals surface area contributed by atoms with E-state index in [1.807, 2.05) is 0 Å². The first kappa shape index (κ1) is 16.6. The van der Waals surface area contributed by atoms with E-state index in [1.165, 1.54) is 7.11 Å². The van der Waals surface area contributed by atoms with Gasteiger partial charge in [0.25, 0.3) is 0 Å². The van der Waals surface area contributed by atoms with Crippen LogP contribution in [0.5, 0.6) is 11.5 Å². The third kappa shape index (κ3) is 5.66. The van der Waals surface area contributed by atoms with Crippen LogP contribution in [-0.4, -0.2) is 38.2 Å². The highest BCUT2D eigenvalue weighted by Crippen LogP contribution is 2.29. The summed E-state index contributed by atoms with van der Waals surface area (Å²) >= 11 is 0. The number of hydrogen-bond acceptors (Lipinski definition) is 4. The molecule has 20 heavy (non-hydrogen) atoms. The van der Waals surface area contributed by atoms with Crippen LogP contribution in [0.4, 0.5) is 13.2 Å². The van der Waals surface area contributed by atoms with E-state index in [1.54, 1.807) is 25.1 Å². The van der Waals surface area contributed by atoms with Crippen LogP contribution in [0.2, 0.25) is 0 Å². The number of aliphatic hydroxyl groups excluding tert-OH is 1. The average Bonchev–Trinajstić information content (AvgIpc) is 2.36. The maximum Gasteiger partial charge on any atom is 0.411 e. The number of ether oxygens (including phenoxy) is 3. The SMILES string of the molecule is COc1ccc(C(C)O)c(OCCOCC(F)(F)F)c1. The van der Waals surface area contributed by atoms with Crippen LogP contribution >= 0.6 is 0 Å². The minimum atomic E-state index is -4.35. The van der Waals surface area contributed by atoms with Gasteiger partial charge in [0, 0.05) is 11.6 Å². The second-order valence-electron chi connectivity index (χ2n) is 4.10. The van der Waals surface area contributed by atoms with Gasteiger partial charge in [-0.15, -0.1) is 0 Å². The Balaban J connectivity index is 2.53. The zero-order valence-electron chi connectivity index (χ0n) is 11.2. The van der Waals surface area contributed by atoms with E-state index in [0.717, 1.165) is 0 Å². The van der Waals surface area contributed by atoms with Crippen LogP contribution in [-0.2, 0) is 4.74 Å². The number of aliphatic hydroxyl groups is 1. The Labute approximate surface area is 115 Å². The van der Waals surface area contributed by atoms with E-state index in [4.69, 9.17) is 9.47 Å². The number of halogens is 3. The van der Waals surface area contributed by atoms with Gasteiger partial charge in [0.2, 0.25) is 0 Å². The molecule has 0 saturated heterocycles. The third-order valence-corrected chi connectivity index (χ3v) is 2.42. The minimum absolute atomic E-state index is 0.0526. The van der Waals surface area contributed by atoms with Gasteiger partial charge in [-0.05, 0) is 19.1 Å². The number of hydrogen-bond donors (Lipinski definition) is 1. The molecule has 0 bridgehead atoms. The molecule has 0 saturated carbocycles. The molecule has 1 unspecified atom stereocenters. The molecule has 0 aromatic heterocycles. The predicted molar refractivity (Wildman–Crippen MR) is 66.0 cm³/mol. The summed E-state index contributed by atoms with van der Waals surface area (Å²) in [5.74, 6) is 0.885. The fourth-order valence-electron chi connectivity index (χ4n) is 1.51. The Kier molecular flexibility index (Phi) is 6.09. The standard InChI is InChI=1S/C13H17F3O4/c1-9(17)11-4-3-10(18-2)7-12(11)20-6-5-19-8-13(14,15)16/h3-4,7,9,17H,5-6,8H2,1-2H3. The molecule has 7 heteroatoms. The highest BCUT2D eigenvalue weighted by molar-refractivity contribution is 5.41. The molecule has 1 rings (SSSR count). The van der Waals surface area contributed by atoms with Crippen LogP contribution < -0.4 is 9.47 Å². The van der Waals surface area contributed by atoms with Gasteiger partial charge in [0.05, 0.1) is 19.8 Å². The van der Waals surface area contributed by atoms with Gasteiger partial charge in [-0.2, -0.15) is 13.2 Å². The van der Waals surface area contributed by atoms with Gasteiger partial charge in [0.15, 0.2) is 0 Å². The number of rotatable bonds is 7. The molecule has 1 atom stereocenters. The average molecular weight is 294 g/mol.